The lowest BCUT2D eigenvalue weighted by Crippen LogP contribution is -2.14. The van der Waals surface area contributed by atoms with E-state index in [4.69, 9.17) is 0 Å². The van der Waals surface area contributed by atoms with Crippen molar-refractivity contribution in [2.45, 2.75) is 30.6 Å². The molecule has 0 atom stereocenters. The number of esters is 1. The van der Waals surface area contributed by atoms with Gasteiger partial charge in [0.15, 0.2) is 5.16 Å². The molecule has 0 spiro atoms. The Labute approximate surface area is 147 Å². The van der Waals surface area contributed by atoms with E-state index in [-0.39, 0.29) is 18.5 Å². The molecule has 0 fully saturated rings. The van der Waals surface area contributed by atoms with Gasteiger partial charge in [0.25, 0.3) is 0 Å². The van der Waals surface area contributed by atoms with Crippen LogP contribution in [0.25, 0.3) is 0 Å². The molecular weight excluding hydrogens is 353 g/mol. The summed E-state index contributed by atoms with van der Waals surface area (Å²) in [5.74, 6) is -0.393. The van der Waals surface area contributed by atoms with Gasteiger partial charge in [0.05, 0.1) is 24.8 Å². The maximum absolute atomic E-state index is 13.2. The van der Waals surface area contributed by atoms with Crippen LogP contribution in [0.3, 0.4) is 0 Å². The Balaban J connectivity index is 2.26. The standard InChI is InChI=1S/C17H17F3N2O2S/c1-24-15(23)9-12-6-4-3-5-11(12)7-8-14-13(17(18,19)20)10-21-16(22-14)25-2/h3-6,10H,7-9H2,1-2H3. The monoisotopic (exact) mass is 370 g/mol. The van der Waals surface area contributed by atoms with E-state index in [9.17, 15) is 18.0 Å². The van der Waals surface area contributed by atoms with Crippen molar-refractivity contribution >= 4 is 17.7 Å². The highest BCUT2D eigenvalue weighted by Crippen LogP contribution is 2.32. The highest BCUT2D eigenvalue weighted by molar-refractivity contribution is 7.98. The minimum atomic E-state index is -4.50. The molecule has 0 saturated carbocycles. The van der Waals surface area contributed by atoms with Crippen molar-refractivity contribution in [3.63, 3.8) is 0 Å². The second kappa shape index (κ2) is 8.33. The zero-order valence-electron chi connectivity index (χ0n) is 13.8. The number of nitrogens with zero attached hydrogens (tertiary/aromatic N) is 2. The van der Waals surface area contributed by atoms with Crippen LogP contribution in [0.4, 0.5) is 13.2 Å². The lowest BCUT2D eigenvalue weighted by molar-refractivity contribution is -0.140. The molecule has 1 heterocycles. The third kappa shape index (κ3) is 5.19. The van der Waals surface area contributed by atoms with Crippen LogP contribution < -0.4 is 0 Å². The zero-order valence-corrected chi connectivity index (χ0v) is 14.6. The van der Waals surface area contributed by atoms with Gasteiger partial charge in [-0.05, 0) is 30.2 Å². The van der Waals surface area contributed by atoms with Crippen molar-refractivity contribution in [1.29, 1.82) is 0 Å². The number of rotatable bonds is 6. The second-order valence-electron chi connectivity index (χ2n) is 5.24. The second-order valence-corrected chi connectivity index (χ2v) is 6.01. The summed E-state index contributed by atoms with van der Waals surface area (Å²) in [5, 5.41) is 0.297. The molecule has 4 nitrogen and oxygen atoms in total. The Morgan fingerprint density at radius 3 is 2.48 bits per heavy atom. The Kier molecular flexibility index (Phi) is 6.41. The molecule has 2 rings (SSSR count). The largest absolute Gasteiger partial charge is 0.469 e. The number of alkyl halides is 3. The fourth-order valence-corrected chi connectivity index (χ4v) is 2.74. The Hall–Kier alpha value is -2.09. The average molecular weight is 370 g/mol. The highest BCUT2D eigenvalue weighted by atomic mass is 32.2. The number of thioether (sulfide) groups is 1. The van der Waals surface area contributed by atoms with Gasteiger partial charge in [0.1, 0.15) is 0 Å². The molecule has 134 valence electrons. The first kappa shape index (κ1) is 19.2. The van der Waals surface area contributed by atoms with Gasteiger partial charge in [-0.3, -0.25) is 4.79 Å². The van der Waals surface area contributed by atoms with Gasteiger partial charge in [0, 0.05) is 6.20 Å². The number of aromatic nitrogens is 2. The van der Waals surface area contributed by atoms with Gasteiger partial charge in [-0.25, -0.2) is 9.97 Å². The van der Waals surface area contributed by atoms with Crippen LogP contribution in [0, 0.1) is 0 Å². The van der Waals surface area contributed by atoms with E-state index < -0.39 is 17.7 Å². The van der Waals surface area contributed by atoms with Gasteiger partial charge in [-0.15, -0.1) is 0 Å². The van der Waals surface area contributed by atoms with Crippen molar-refractivity contribution < 1.29 is 22.7 Å². The first-order valence-electron chi connectivity index (χ1n) is 7.46. The summed E-state index contributed by atoms with van der Waals surface area (Å²) >= 11 is 1.19. The Bertz CT molecular complexity index is 751. The van der Waals surface area contributed by atoms with Gasteiger partial charge in [-0.1, -0.05) is 36.0 Å². The number of hydrogen-bond donors (Lipinski definition) is 0. The van der Waals surface area contributed by atoms with Crippen LogP contribution in [0.15, 0.2) is 35.6 Å². The molecule has 0 saturated heterocycles. The molecule has 0 N–H and O–H groups in total. The Morgan fingerprint density at radius 1 is 1.20 bits per heavy atom. The molecular formula is C17H17F3N2O2S. The maximum Gasteiger partial charge on any atom is 0.419 e. The van der Waals surface area contributed by atoms with Crippen molar-refractivity contribution in [2.75, 3.05) is 13.4 Å². The molecule has 25 heavy (non-hydrogen) atoms. The molecule has 0 aliphatic carbocycles. The van der Waals surface area contributed by atoms with E-state index in [1.54, 1.807) is 30.5 Å². The molecule has 0 bridgehead atoms. The minimum absolute atomic E-state index is 0.0419. The molecule has 0 amide bonds. The van der Waals surface area contributed by atoms with Crippen molar-refractivity contribution in [3.05, 3.63) is 52.8 Å². The fourth-order valence-electron chi connectivity index (χ4n) is 2.38. The number of aryl methyl sites for hydroxylation is 2. The first-order valence-corrected chi connectivity index (χ1v) is 8.68. The van der Waals surface area contributed by atoms with E-state index in [1.165, 1.54) is 18.9 Å². The smallest absolute Gasteiger partial charge is 0.419 e. The summed E-state index contributed by atoms with van der Waals surface area (Å²) in [5.41, 5.74) is 0.669. The maximum atomic E-state index is 13.2. The van der Waals surface area contributed by atoms with E-state index in [0.29, 0.717) is 11.6 Å². The molecule has 1 aromatic heterocycles. The molecule has 1 aromatic carbocycles. The van der Waals surface area contributed by atoms with Gasteiger partial charge >= 0.3 is 12.1 Å². The van der Waals surface area contributed by atoms with Gasteiger partial charge < -0.3 is 4.74 Å². The third-order valence-electron chi connectivity index (χ3n) is 3.65. The predicted octanol–water partition coefficient (Wildman–Crippen LogP) is 3.72. The predicted molar refractivity (Wildman–Crippen MR) is 88.4 cm³/mol. The van der Waals surface area contributed by atoms with Crippen molar-refractivity contribution in [1.82, 2.24) is 9.97 Å². The normalized spacial score (nSPS) is 11.4. The minimum Gasteiger partial charge on any atom is -0.469 e. The highest BCUT2D eigenvalue weighted by Gasteiger charge is 2.34. The topological polar surface area (TPSA) is 52.1 Å². The van der Waals surface area contributed by atoms with E-state index in [1.807, 2.05) is 0 Å². The van der Waals surface area contributed by atoms with Crippen molar-refractivity contribution in [3.8, 4) is 0 Å². The Morgan fingerprint density at radius 2 is 1.88 bits per heavy atom. The van der Waals surface area contributed by atoms with Crippen LogP contribution in [0.5, 0.6) is 0 Å². The number of methoxy groups -OCH3 is 1. The summed E-state index contributed by atoms with van der Waals surface area (Å²) in [7, 11) is 1.30. The summed E-state index contributed by atoms with van der Waals surface area (Å²) in [6, 6.07) is 7.12. The van der Waals surface area contributed by atoms with Crippen LogP contribution in [-0.2, 0) is 35.0 Å². The quantitative estimate of drug-likeness (QED) is 0.441. The lowest BCUT2D eigenvalue weighted by Gasteiger charge is -2.13. The summed E-state index contributed by atoms with van der Waals surface area (Å²) in [4.78, 5) is 19.2. The van der Waals surface area contributed by atoms with Crippen LogP contribution >= 0.6 is 11.8 Å². The van der Waals surface area contributed by atoms with Gasteiger partial charge in [-0.2, -0.15) is 13.2 Å². The van der Waals surface area contributed by atoms with Crippen LogP contribution in [0.2, 0.25) is 0 Å². The number of carbonyl (C=O) groups excluding carboxylic acids is 1. The van der Waals surface area contributed by atoms with Gasteiger partial charge in [0.2, 0.25) is 0 Å². The molecule has 0 aliphatic heterocycles. The summed E-state index contributed by atoms with van der Waals surface area (Å²) in [6.45, 7) is 0. The molecule has 2 aromatic rings. The fraction of sp³-hybridized carbons (Fsp3) is 0.353. The molecule has 0 radical (unpaired) electrons. The zero-order chi connectivity index (χ0) is 18.4. The number of halogens is 3. The summed E-state index contributed by atoms with van der Waals surface area (Å²) < 4.78 is 44.1. The van der Waals surface area contributed by atoms with E-state index in [2.05, 4.69) is 14.7 Å². The number of hydrogen-bond acceptors (Lipinski definition) is 5. The average Bonchev–Trinajstić information content (AvgIpc) is 2.59. The first-order chi connectivity index (χ1) is 11.8. The number of ether oxygens (including phenoxy) is 1. The van der Waals surface area contributed by atoms with E-state index in [0.717, 1.165) is 17.3 Å². The SMILES string of the molecule is COC(=O)Cc1ccccc1CCc1nc(SC)ncc1C(F)(F)F. The third-order valence-corrected chi connectivity index (χ3v) is 4.21. The summed E-state index contributed by atoms with van der Waals surface area (Å²) in [6.07, 6.45) is -1.45. The lowest BCUT2D eigenvalue weighted by atomic mass is 9.98. The number of carbonyl (C=O) groups is 1. The van der Waals surface area contributed by atoms with E-state index >= 15 is 0 Å². The molecule has 8 heteroatoms. The van der Waals surface area contributed by atoms with Crippen LogP contribution in [0.1, 0.15) is 22.4 Å². The molecule has 0 aliphatic rings. The van der Waals surface area contributed by atoms with Crippen LogP contribution in [-0.4, -0.2) is 29.3 Å². The number of benzene rings is 1. The molecule has 0 unspecified atom stereocenters. The van der Waals surface area contributed by atoms with Crippen molar-refractivity contribution in [2.24, 2.45) is 0 Å².